The molecule has 0 unspecified atom stereocenters. The molecule has 0 heterocycles. The van der Waals surface area contributed by atoms with Gasteiger partial charge >= 0.3 is 0 Å². The Labute approximate surface area is 114 Å². The van der Waals surface area contributed by atoms with Gasteiger partial charge < -0.3 is 0 Å². The molecule has 0 amide bonds. The van der Waals surface area contributed by atoms with E-state index in [1.54, 1.807) is 0 Å². The van der Waals surface area contributed by atoms with Gasteiger partial charge in [0.2, 0.25) is 5.82 Å². The number of halogens is 7. The monoisotopic (exact) mass is 310 g/mol. The molecule has 0 aliphatic carbocycles. The Bertz CT molecular complexity index is 654. The topological polar surface area (TPSA) is 0 Å². The minimum Gasteiger partial charge on any atom is -0.206 e. The average molecular weight is 311 g/mol. The third-order valence-corrected chi connectivity index (χ3v) is 2.97. The van der Waals surface area contributed by atoms with Crippen molar-refractivity contribution in [1.29, 1.82) is 0 Å². The summed E-state index contributed by atoms with van der Waals surface area (Å²) in [6.45, 7) is 0. The zero-order valence-electron chi connectivity index (χ0n) is 9.58. The zero-order chi connectivity index (χ0) is 15.0. The highest BCUT2D eigenvalue weighted by Gasteiger charge is 2.28. The fourth-order valence-electron chi connectivity index (χ4n) is 1.69. The number of rotatable bonds is 2. The summed E-state index contributed by atoms with van der Waals surface area (Å²) in [5.74, 6) is -12.0. The second-order valence-corrected chi connectivity index (χ2v) is 4.16. The van der Waals surface area contributed by atoms with Crippen LogP contribution in [0.1, 0.15) is 5.56 Å². The Balaban J connectivity index is 2.83. The summed E-state index contributed by atoms with van der Waals surface area (Å²) < 4.78 is 79.9. The summed E-state index contributed by atoms with van der Waals surface area (Å²) in [6.07, 6.45) is 0. The Morgan fingerprint density at radius 3 is 1.75 bits per heavy atom. The predicted octanol–water partition coefficient (Wildman–Crippen LogP) is 4.93. The second kappa shape index (κ2) is 5.36. The molecular formula is C13H5ClF6. The number of hydrogen-bond acceptors (Lipinski definition) is 0. The first-order valence-corrected chi connectivity index (χ1v) is 5.78. The molecule has 0 saturated carbocycles. The van der Waals surface area contributed by atoms with Crippen LogP contribution in [0.4, 0.5) is 26.3 Å². The van der Waals surface area contributed by atoms with E-state index in [0.29, 0.717) is 0 Å². The van der Waals surface area contributed by atoms with Gasteiger partial charge in [-0.3, -0.25) is 0 Å². The molecule has 7 heteroatoms. The highest BCUT2D eigenvalue weighted by Crippen LogP contribution is 2.33. The molecule has 0 N–H and O–H groups in total. The highest BCUT2D eigenvalue weighted by atomic mass is 35.5. The SMILES string of the molecule is Fc1ccc(CCl)cc1-c1c(F)c(F)c(F)c(F)c1F. The molecule has 0 aromatic heterocycles. The van der Waals surface area contributed by atoms with E-state index in [9.17, 15) is 26.3 Å². The van der Waals surface area contributed by atoms with E-state index >= 15 is 0 Å². The maximum atomic E-state index is 13.6. The zero-order valence-corrected chi connectivity index (χ0v) is 10.3. The van der Waals surface area contributed by atoms with Crippen LogP contribution < -0.4 is 0 Å². The molecular weight excluding hydrogens is 306 g/mol. The molecule has 0 saturated heterocycles. The van der Waals surface area contributed by atoms with Crippen LogP contribution in [-0.4, -0.2) is 0 Å². The molecule has 2 aromatic rings. The van der Waals surface area contributed by atoms with Crippen molar-refractivity contribution >= 4 is 11.6 Å². The molecule has 20 heavy (non-hydrogen) atoms. The van der Waals surface area contributed by atoms with Crippen LogP contribution in [0.15, 0.2) is 18.2 Å². The fourth-order valence-corrected chi connectivity index (χ4v) is 1.85. The first-order chi connectivity index (χ1) is 9.38. The smallest absolute Gasteiger partial charge is 0.200 e. The lowest BCUT2D eigenvalue weighted by Gasteiger charge is -2.10. The summed E-state index contributed by atoms with van der Waals surface area (Å²) in [4.78, 5) is 0. The molecule has 0 spiro atoms. The van der Waals surface area contributed by atoms with Crippen LogP contribution in [0, 0.1) is 34.9 Å². The van der Waals surface area contributed by atoms with Crippen molar-refractivity contribution < 1.29 is 26.3 Å². The fraction of sp³-hybridized carbons (Fsp3) is 0.0769. The Kier molecular flexibility index (Phi) is 3.94. The minimum atomic E-state index is -2.29. The Morgan fingerprint density at radius 2 is 1.25 bits per heavy atom. The second-order valence-electron chi connectivity index (χ2n) is 3.89. The van der Waals surface area contributed by atoms with Gasteiger partial charge in [-0.2, -0.15) is 0 Å². The molecule has 0 nitrogen and oxygen atoms in total. The maximum Gasteiger partial charge on any atom is 0.200 e. The van der Waals surface area contributed by atoms with Crippen molar-refractivity contribution in [2.24, 2.45) is 0 Å². The summed E-state index contributed by atoms with van der Waals surface area (Å²) in [5.41, 5.74) is -1.78. The van der Waals surface area contributed by atoms with Crippen LogP contribution in [0.5, 0.6) is 0 Å². The normalized spacial score (nSPS) is 10.9. The maximum absolute atomic E-state index is 13.6. The lowest BCUT2D eigenvalue weighted by atomic mass is 10.0. The highest BCUT2D eigenvalue weighted by molar-refractivity contribution is 6.17. The van der Waals surface area contributed by atoms with Crippen LogP contribution in [0.2, 0.25) is 0 Å². The molecule has 0 aliphatic heterocycles. The van der Waals surface area contributed by atoms with Gasteiger partial charge in [0.25, 0.3) is 0 Å². The minimum absolute atomic E-state index is 0.108. The largest absolute Gasteiger partial charge is 0.206 e. The first kappa shape index (κ1) is 14.7. The van der Waals surface area contributed by atoms with Crippen molar-refractivity contribution in [1.82, 2.24) is 0 Å². The van der Waals surface area contributed by atoms with Gasteiger partial charge in [-0.15, -0.1) is 11.6 Å². The summed E-state index contributed by atoms with van der Waals surface area (Å²) in [5, 5.41) is 0. The number of hydrogen-bond donors (Lipinski definition) is 0. The van der Waals surface area contributed by atoms with E-state index in [-0.39, 0.29) is 11.4 Å². The van der Waals surface area contributed by atoms with Gasteiger partial charge in [-0.25, -0.2) is 26.3 Å². The van der Waals surface area contributed by atoms with E-state index < -0.39 is 46.0 Å². The van der Waals surface area contributed by atoms with E-state index in [1.807, 2.05) is 0 Å². The third-order valence-electron chi connectivity index (χ3n) is 2.66. The first-order valence-electron chi connectivity index (χ1n) is 5.24. The molecule has 0 atom stereocenters. The molecule has 106 valence electrons. The third kappa shape index (κ3) is 2.24. The van der Waals surface area contributed by atoms with Crippen LogP contribution in [0.3, 0.4) is 0 Å². The molecule has 0 fully saturated rings. The van der Waals surface area contributed by atoms with Crippen molar-refractivity contribution in [2.75, 3.05) is 0 Å². The van der Waals surface area contributed by atoms with E-state index in [1.165, 1.54) is 6.07 Å². The lowest BCUT2D eigenvalue weighted by molar-refractivity contribution is 0.381. The lowest BCUT2D eigenvalue weighted by Crippen LogP contribution is -2.05. The average Bonchev–Trinajstić information content (AvgIpc) is 2.45. The number of benzene rings is 2. The Morgan fingerprint density at radius 1 is 0.750 bits per heavy atom. The molecule has 2 rings (SSSR count). The van der Waals surface area contributed by atoms with Crippen molar-refractivity contribution in [3.8, 4) is 11.1 Å². The number of alkyl halides is 1. The van der Waals surface area contributed by atoms with Gasteiger partial charge in [-0.05, 0) is 17.7 Å². The van der Waals surface area contributed by atoms with Crippen molar-refractivity contribution in [2.45, 2.75) is 5.88 Å². The van der Waals surface area contributed by atoms with Gasteiger partial charge in [0.15, 0.2) is 23.3 Å². The van der Waals surface area contributed by atoms with Gasteiger partial charge in [0, 0.05) is 11.4 Å². The standard InChI is InChI=1S/C13H5ClF6/c14-4-5-1-2-7(15)6(3-5)8-9(16)11(18)13(20)12(19)10(8)17/h1-3H,4H2. The predicted molar refractivity (Wildman–Crippen MR) is 61.2 cm³/mol. The summed E-state index contributed by atoms with van der Waals surface area (Å²) in [6, 6.07) is 3.00. The van der Waals surface area contributed by atoms with Crippen LogP contribution in [-0.2, 0) is 5.88 Å². The van der Waals surface area contributed by atoms with Crippen molar-refractivity contribution in [3.05, 3.63) is 58.7 Å². The van der Waals surface area contributed by atoms with E-state index in [4.69, 9.17) is 11.6 Å². The van der Waals surface area contributed by atoms with E-state index in [2.05, 4.69) is 0 Å². The molecule has 0 bridgehead atoms. The van der Waals surface area contributed by atoms with Crippen LogP contribution in [0.25, 0.3) is 11.1 Å². The van der Waals surface area contributed by atoms with Crippen LogP contribution >= 0.6 is 11.6 Å². The quantitative estimate of drug-likeness (QED) is 0.319. The van der Waals surface area contributed by atoms with E-state index in [0.717, 1.165) is 12.1 Å². The molecule has 0 radical (unpaired) electrons. The summed E-state index contributed by atoms with van der Waals surface area (Å²) >= 11 is 5.49. The van der Waals surface area contributed by atoms with Gasteiger partial charge in [-0.1, -0.05) is 6.07 Å². The summed E-state index contributed by atoms with van der Waals surface area (Å²) in [7, 11) is 0. The van der Waals surface area contributed by atoms with Gasteiger partial charge in [0.1, 0.15) is 5.82 Å². The molecule has 0 aliphatic rings. The molecule has 2 aromatic carbocycles. The van der Waals surface area contributed by atoms with Crippen molar-refractivity contribution in [3.63, 3.8) is 0 Å². The Hall–Kier alpha value is -1.69. The van der Waals surface area contributed by atoms with Gasteiger partial charge in [0.05, 0.1) is 5.56 Å².